The van der Waals surface area contributed by atoms with Crippen molar-refractivity contribution >= 4 is 27.8 Å². The van der Waals surface area contributed by atoms with Gasteiger partial charge in [-0.2, -0.15) is 0 Å². The van der Waals surface area contributed by atoms with Crippen molar-refractivity contribution in [1.82, 2.24) is 14.5 Å². The third-order valence-corrected chi connectivity index (χ3v) is 4.94. The van der Waals surface area contributed by atoms with E-state index in [1.807, 2.05) is 10.6 Å². The molecule has 0 saturated carbocycles. The summed E-state index contributed by atoms with van der Waals surface area (Å²) in [6, 6.07) is 10.4. The molecule has 0 amide bonds. The van der Waals surface area contributed by atoms with E-state index in [0.29, 0.717) is 11.9 Å². The Morgan fingerprint density at radius 1 is 1.17 bits per heavy atom. The van der Waals surface area contributed by atoms with Crippen LogP contribution in [0, 0.1) is 0 Å². The number of rotatable bonds is 1. The van der Waals surface area contributed by atoms with Crippen LogP contribution in [0.5, 0.6) is 0 Å². The molecule has 0 radical (unpaired) electrons. The number of aromatic nitrogens is 3. The van der Waals surface area contributed by atoms with Crippen molar-refractivity contribution < 1.29 is 0 Å². The summed E-state index contributed by atoms with van der Waals surface area (Å²) in [5, 5.41) is 2.79. The lowest BCUT2D eigenvalue weighted by atomic mass is 9.99. The monoisotopic (exact) mass is 313 g/mol. The zero-order valence-corrected chi connectivity index (χ0v) is 13.0. The van der Waals surface area contributed by atoms with Crippen LogP contribution in [-0.2, 0) is 13.0 Å². The highest BCUT2D eigenvalue weighted by Gasteiger charge is 2.22. The van der Waals surface area contributed by atoms with E-state index in [1.54, 1.807) is 18.5 Å². The second kappa shape index (κ2) is 4.68. The summed E-state index contributed by atoms with van der Waals surface area (Å²) >= 11 is 0. The maximum atomic E-state index is 12.9. The molecule has 0 unspecified atom stereocenters. The van der Waals surface area contributed by atoms with Gasteiger partial charge in [0.15, 0.2) is 0 Å². The fourth-order valence-electron chi connectivity index (χ4n) is 3.78. The Kier molecular flexibility index (Phi) is 2.59. The molecular formula is C20H15N3O. The maximum Gasteiger partial charge on any atom is 0.260 e. The summed E-state index contributed by atoms with van der Waals surface area (Å²) in [6.45, 7) is 4.54. The van der Waals surface area contributed by atoms with Gasteiger partial charge in [-0.05, 0) is 29.5 Å². The molecule has 0 atom stereocenters. The van der Waals surface area contributed by atoms with Crippen LogP contribution in [-0.4, -0.2) is 14.5 Å². The standard InChI is InChI=1S/C20H15N3O/c1-2-12-10-21-11-16-15(12)9-18-19-14(7-8-23(18)20(16)24)13-5-3-4-6-17(13)22-19/h2-6,9-11,22H,1,7-8H2. The summed E-state index contributed by atoms with van der Waals surface area (Å²) < 4.78 is 1.86. The molecule has 4 heterocycles. The number of nitrogens with one attached hydrogen (secondary N) is 1. The first-order valence-electron chi connectivity index (χ1n) is 8.02. The van der Waals surface area contributed by atoms with Crippen LogP contribution in [0.2, 0.25) is 0 Å². The number of fused-ring (bicyclic) bond motifs is 6. The molecule has 0 fully saturated rings. The smallest absolute Gasteiger partial charge is 0.260 e. The largest absolute Gasteiger partial charge is 0.353 e. The fraction of sp³-hybridized carbons (Fsp3) is 0.100. The van der Waals surface area contributed by atoms with Gasteiger partial charge >= 0.3 is 0 Å². The molecule has 116 valence electrons. The van der Waals surface area contributed by atoms with Gasteiger partial charge in [-0.25, -0.2) is 0 Å². The van der Waals surface area contributed by atoms with E-state index in [4.69, 9.17) is 0 Å². The fourth-order valence-corrected chi connectivity index (χ4v) is 3.78. The Labute approximate surface area is 138 Å². The van der Waals surface area contributed by atoms with Crippen molar-refractivity contribution in [3.8, 4) is 11.4 Å². The normalized spacial score (nSPS) is 13.0. The first kappa shape index (κ1) is 13.3. The number of hydrogen-bond donors (Lipinski definition) is 1. The molecular weight excluding hydrogens is 298 g/mol. The third-order valence-electron chi connectivity index (χ3n) is 4.94. The number of aryl methyl sites for hydroxylation is 1. The molecule has 1 N–H and O–H groups in total. The lowest BCUT2D eigenvalue weighted by Crippen LogP contribution is -2.26. The Hall–Kier alpha value is -3.14. The number of benzene rings is 1. The number of pyridine rings is 2. The van der Waals surface area contributed by atoms with Crippen LogP contribution in [0.15, 0.2) is 54.1 Å². The van der Waals surface area contributed by atoms with Gasteiger partial charge in [-0.1, -0.05) is 30.9 Å². The lowest BCUT2D eigenvalue weighted by molar-refractivity contribution is 0.665. The van der Waals surface area contributed by atoms with Gasteiger partial charge in [0.05, 0.1) is 16.8 Å². The van der Waals surface area contributed by atoms with E-state index in [9.17, 15) is 4.79 Å². The average Bonchev–Trinajstić information content (AvgIpc) is 3.01. The summed E-state index contributed by atoms with van der Waals surface area (Å²) in [5.74, 6) is 0. The van der Waals surface area contributed by atoms with E-state index in [2.05, 4.69) is 40.8 Å². The number of hydrogen-bond acceptors (Lipinski definition) is 2. The minimum atomic E-state index is 0.0167. The van der Waals surface area contributed by atoms with Gasteiger partial charge in [0, 0.05) is 35.4 Å². The molecule has 4 heteroatoms. The van der Waals surface area contributed by atoms with Crippen LogP contribution in [0.1, 0.15) is 11.1 Å². The summed E-state index contributed by atoms with van der Waals surface area (Å²) in [4.78, 5) is 20.6. The number of para-hydroxylation sites is 1. The second-order valence-electron chi connectivity index (χ2n) is 6.15. The first-order valence-corrected chi connectivity index (χ1v) is 8.02. The van der Waals surface area contributed by atoms with E-state index in [0.717, 1.165) is 34.3 Å². The lowest BCUT2D eigenvalue weighted by Gasteiger charge is -2.20. The SMILES string of the molecule is C=Cc1cncc2c(=O)n3c(cc12)-c1[nH]c2ccccc2c1CC3. The van der Waals surface area contributed by atoms with Gasteiger partial charge in [0.2, 0.25) is 0 Å². The van der Waals surface area contributed by atoms with Gasteiger partial charge in [0.25, 0.3) is 5.56 Å². The molecule has 0 saturated heterocycles. The summed E-state index contributed by atoms with van der Waals surface area (Å²) in [7, 11) is 0. The van der Waals surface area contributed by atoms with E-state index < -0.39 is 0 Å². The Morgan fingerprint density at radius 3 is 2.92 bits per heavy atom. The van der Waals surface area contributed by atoms with Crippen molar-refractivity contribution in [3.63, 3.8) is 0 Å². The highest BCUT2D eigenvalue weighted by Crippen LogP contribution is 2.35. The zero-order chi connectivity index (χ0) is 16.3. The van der Waals surface area contributed by atoms with Crippen LogP contribution in [0.25, 0.3) is 39.1 Å². The molecule has 4 aromatic rings. The third kappa shape index (κ3) is 1.62. The number of nitrogens with zero attached hydrogens (tertiary/aromatic N) is 2. The molecule has 0 spiro atoms. The zero-order valence-electron chi connectivity index (χ0n) is 13.0. The van der Waals surface area contributed by atoms with Crippen LogP contribution in [0.4, 0.5) is 0 Å². The van der Waals surface area contributed by atoms with Gasteiger partial charge in [-0.3, -0.25) is 9.78 Å². The van der Waals surface area contributed by atoms with Crippen molar-refractivity contribution in [3.05, 3.63) is 70.8 Å². The number of aromatic amines is 1. The average molecular weight is 313 g/mol. The first-order chi connectivity index (χ1) is 11.8. The van der Waals surface area contributed by atoms with E-state index in [-0.39, 0.29) is 5.56 Å². The molecule has 1 aromatic carbocycles. The van der Waals surface area contributed by atoms with Crippen molar-refractivity contribution in [2.75, 3.05) is 0 Å². The van der Waals surface area contributed by atoms with Crippen molar-refractivity contribution in [2.24, 2.45) is 0 Å². The van der Waals surface area contributed by atoms with Crippen LogP contribution in [0.3, 0.4) is 0 Å². The molecule has 1 aliphatic rings. The molecule has 4 nitrogen and oxygen atoms in total. The Bertz CT molecular complexity index is 1200. The minimum absolute atomic E-state index is 0.0167. The highest BCUT2D eigenvalue weighted by atomic mass is 16.1. The van der Waals surface area contributed by atoms with Crippen molar-refractivity contribution in [2.45, 2.75) is 13.0 Å². The van der Waals surface area contributed by atoms with Crippen molar-refractivity contribution in [1.29, 1.82) is 0 Å². The minimum Gasteiger partial charge on any atom is -0.353 e. The van der Waals surface area contributed by atoms with Gasteiger partial charge in [0.1, 0.15) is 0 Å². The Balaban J connectivity index is 1.93. The molecule has 1 aliphatic heterocycles. The van der Waals surface area contributed by atoms with Gasteiger partial charge < -0.3 is 9.55 Å². The number of H-pyrrole nitrogens is 1. The topological polar surface area (TPSA) is 50.7 Å². The van der Waals surface area contributed by atoms with E-state index in [1.165, 1.54) is 10.9 Å². The van der Waals surface area contributed by atoms with E-state index >= 15 is 0 Å². The predicted octanol–water partition coefficient (Wildman–Crippen LogP) is 3.74. The summed E-state index contributed by atoms with van der Waals surface area (Å²) in [5.41, 5.74) is 5.30. The molecule has 0 aliphatic carbocycles. The highest BCUT2D eigenvalue weighted by molar-refractivity contribution is 5.95. The molecule has 24 heavy (non-hydrogen) atoms. The molecule has 5 rings (SSSR count). The molecule has 0 bridgehead atoms. The summed E-state index contributed by atoms with van der Waals surface area (Å²) in [6.07, 6.45) is 6.01. The maximum absolute atomic E-state index is 12.9. The van der Waals surface area contributed by atoms with Crippen LogP contribution < -0.4 is 5.56 Å². The quantitative estimate of drug-likeness (QED) is 0.582. The predicted molar refractivity (Wildman–Crippen MR) is 97.1 cm³/mol. The Morgan fingerprint density at radius 2 is 2.04 bits per heavy atom. The van der Waals surface area contributed by atoms with Crippen LogP contribution >= 0.6 is 0 Å². The second-order valence-corrected chi connectivity index (χ2v) is 6.15. The molecule has 3 aromatic heterocycles. The van der Waals surface area contributed by atoms with Gasteiger partial charge in [-0.15, -0.1) is 0 Å².